The molecule has 0 saturated carbocycles. The van der Waals surface area contributed by atoms with Crippen molar-refractivity contribution in [2.24, 2.45) is 5.41 Å². The van der Waals surface area contributed by atoms with Crippen LogP contribution in [0.15, 0.2) is 0 Å². The van der Waals surface area contributed by atoms with Gasteiger partial charge in [0.2, 0.25) is 0 Å². The third-order valence-electron chi connectivity index (χ3n) is 3.13. The molecule has 0 fully saturated rings. The predicted octanol–water partition coefficient (Wildman–Crippen LogP) is 4.35. The second-order valence-corrected chi connectivity index (χ2v) is 9.75. The van der Waals surface area contributed by atoms with Crippen molar-refractivity contribution in [1.82, 2.24) is 0 Å². The highest BCUT2D eigenvalue weighted by molar-refractivity contribution is 6.62. The molecule has 0 spiro atoms. The van der Waals surface area contributed by atoms with E-state index in [2.05, 4.69) is 55.0 Å². The van der Waals surface area contributed by atoms with Gasteiger partial charge in [-0.1, -0.05) is 55.0 Å². The van der Waals surface area contributed by atoms with E-state index in [1.165, 1.54) is 0 Å². The molecule has 0 amide bonds. The summed E-state index contributed by atoms with van der Waals surface area (Å²) in [6.07, 6.45) is 0. The van der Waals surface area contributed by atoms with Gasteiger partial charge in [-0.15, -0.1) is 0 Å². The van der Waals surface area contributed by atoms with E-state index in [1.807, 2.05) is 0 Å². The Bertz CT molecular complexity index is 118. The highest BCUT2D eigenvalue weighted by Gasteiger charge is 2.33. The molecular weight excluding hydrogens is 160 g/mol. The van der Waals surface area contributed by atoms with Crippen LogP contribution in [0.5, 0.6) is 0 Å². The average Bonchev–Trinajstić information content (AvgIpc) is 1.80. The molecule has 1 radical (unpaired) electrons. The monoisotopic (exact) mass is 185 g/mol. The summed E-state index contributed by atoms with van der Waals surface area (Å²) in [6, 6.07) is 0. The SMILES string of the molecule is CC([Si](C)C(C)(C)C)C(C)(C)C. The van der Waals surface area contributed by atoms with Gasteiger partial charge in [-0.25, -0.2) is 0 Å². The normalized spacial score (nSPS) is 16.8. The Balaban J connectivity index is 4.41. The minimum Gasteiger partial charge on any atom is -0.0705 e. The quantitative estimate of drug-likeness (QED) is 0.533. The lowest BCUT2D eigenvalue weighted by atomic mass is 9.93. The lowest BCUT2D eigenvalue weighted by Crippen LogP contribution is -2.33. The fraction of sp³-hybridized carbons (Fsp3) is 1.00. The summed E-state index contributed by atoms with van der Waals surface area (Å²) in [6.45, 7) is 19.1. The molecule has 0 heterocycles. The van der Waals surface area contributed by atoms with Crippen LogP contribution in [0.2, 0.25) is 17.1 Å². The highest BCUT2D eigenvalue weighted by Crippen LogP contribution is 2.42. The summed E-state index contributed by atoms with van der Waals surface area (Å²) in [4.78, 5) is 0. The second kappa shape index (κ2) is 3.53. The van der Waals surface area contributed by atoms with Gasteiger partial charge in [0.25, 0.3) is 0 Å². The van der Waals surface area contributed by atoms with E-state index in [-0.39, 0.29) is 8.80 Å². The predicted molar refractivity (Wildman–Crippen MR) is 60.2 cm³/mol. The van der Waals surface area contributed by atoms with E-state index >= 15 is 0 Å². The summed E-state index contributed by atoms with van der Waals surface area (Å²) in [5.74, 6) is 0. The van der Waals surface area contributed by atoms with Crippen LogP contribution in [0.3, 0.4) is 0 Å². The molecule has 0 aromatic heterocycles. The summed E-state index contributed by atoms with van der Waals surface area (Å²) in [5.41, 5.74) is 1.36. The van der Waals surface area contributed by atoms with E-state index in [9.17, 15) is 0 Å². The summed E-state index contributed by atoms with van der Waals surface area (Å²) in [7, 11) is -0.240. The van der Waals surface area contributed by atoms with Gasteiger partial charge in [-0.2, -0.15) is 0 Å². The first-order valence-electron chi connectivity index (χ1n) is 4.90. The molecule has 0 aliphatic rings. The molecule has 0 aliphatic heterocycles. The smallest absolute Gasteiger partial charge is 0.0539 e. The van der Waals surface area contributed by atoms with E-state index in [0.29, 0.717) is 10.5 Å². The Labute approximate surface area is 80.4 Å². The standard InChI is InChI=1S/C11H25Si/c1-9(10(2,3)4)12(8)11(5,6)7/h9H,1-8H3. The van der Waals surface area contributed by atoms with Gasteiger partial charge < -0.3 is 0 Å². The molecule has 12 heavy (non-hydrogen) atoms. The van der Waals surface area contributed by atoms with Crippen LogP contribution >= 0.6 is 0 Å². The molecule has 0 nitrogen and oxygen atoms in total. The average molecular weight is 185 g/mol. The van der Waals surface area contributed by atoms with Crippen molar-refractivity contribution in [3.05, 3.63) is 0 Å². The van der Waals surface area contributed by atoms with Crippen LogP contribution in [-0.2, 0) is 0 Å². The zero-order valence-corrected chi connectivity index (χ0v) is 11.1. The Kier molecular flexibility index (Phi) is 3.59. The maximum absolute atomic E-state index is 2.47. The lowest BCUT2D eigenvalue weighted by Gasteiger charge is -2.38. The molecule has 0 N–H and O–H groups in total. The van der Waals surface area contributed by atoms with Crippen molar-refractivity contribution >= 4 is 8.80 Å². The van der Waals surface area contributed by atoms with Crippen molar-refractivity contribution in [3.8, 4) is 0 Å². The van der Waals surface area contributed by atoms with Gasteiger partial charge in [0.1, 0.15) is 0 Å². The highest BCUT2D eigenvalue weighted by atomic mass is 28.3. The first-order valence-corrected chi connectivity index (χ1v) is 6.98. The minimum absolute atomic E-state index is 0.240. The zero-order valence-electron chi connectivity index (χ0n) is 10.1. The van der Waals surface area contributed by atoms with Crippen LogP contribution < -0.4 is 0 Å². The molecule has 0 bridgehead atoms. The van der Waals surface area contributed by atoms with Crippen molar-refractivity contribution in [2.45, 2.75) is 65.6 Å². The van der Waals surface area contributed by atoms with Crippen LogP contribution in [0.25, 0.3) is 0 Å². The number of rotatable bonds is 1. The Morgan fingerprint density at radius 1 is 0.917 bits per heavy atom. The third-order valence-corrected chi connectivity index (χ3v) is 7.66. The molecule has 0 aliphatic carbocycles. The van der Waals surface area contributed by atoms with Crippen molar-refractivity contribution < 1.29 is 0 Å². The van der Waals surface area contributed by atoms with Gasteiger partial charge in [-0.3, -0.25) is 0 Å². The van der Waals surface area contributed by atoms with E-state index in [0.717, 1.165) is 5.54 Å². The molecule has 0 aromatic rings. The fourth-order valence-corrected chi connectivity index (χ4v) is 3.90. The lowest BCUT2D eigenvalue weighted by molar-refractivity contribution is 0.385. The van der Waals surface area contributed by atoms with Gasteiger partial charge in [0.15, 0.2) is 0 Å². The van der Waals surface area contributed by atoms with E-state index in [4.69, 9.17) is 0 Å². The largest absolute Gasteiger partial charge is 0.0705 e. The summed E-state index contributed by atoms with van der Waals surface area (Å²) >= 11 is 0. The number of hydrogen-bond acceptors (Lipinski definition) is 0. The fourth-order valence-electron chi connectivity index (χ4n) is 1.30. The van der Waals surface area contributed by atoms with E-state index in [1.54, 1.807) is 0 Å². The third kappa shape index (κ3) is 3.30. The Hall–Kier alpha value is 0.217. The summed E-state index contributed by atoms with van der Waals surface area (Å²) in [5, 5.41) is 0.539. The van der Waals surface area contributed by atoms with Gasteiger partial charge in [0.05, 0.1) is 8.80 Å². The number of hydrogen-bond donors (Lipinski definition) is 0. The van der Waals surface area contributed by atoms with Crippen LogP contribution in [0, 0.1) is 5.41 Å². The van der Waals surface area contributed by atoms with Crippen LogP contribution in [0.4, 0.5) is 0 Å². The molecule has 0 saturated heterocycles. The molecule has 1 atom stereocenters. The van der Waals surface area contributed by atoms with Crippen LogP contribution in [-0.4, -0.2) is 8.80 Å². The molecular formula is C11H25Si. The van der Waals surface area contributed by atoms with Crippen molar-refractivity contribution in [2.75, 3.05) is 0 Å². The first-order chi connectivity index (χ1) is 5.07. The van der Waals surface area contributed by atoms with Crippen molar-refractivity contribution in [3.63, 3.8) is 0 Å². The van der Waals surface area contributed by atoms with Crippen LogP contribution in [0.1, 0.15) is 48.5 Å². The second-order valence-electron chi connectivity index (χ2n) is 6.02. The zero-order chi connectivity index (χ0) is 10.2. The van der Waals surface area contributed by atoms with E-state index < -0.39 is 0 Å². The first kappa shape index (κ1) is 12.2. The minimum atomic E-state index is -0.240. The molecule has 73 valence electrons. The molecule has 1 heteroatoms. The van der Waals surface area contributed by atoms with Gasteiger partial charge in [0, 0.05) is 0 Å². The Morgan fingerprint density at radius 2 is 1.25 bits per heavy atom. The Morgan fingerprint density at radius 3 is 1.33 bits per heavy atom. The maximum Gasteiger partial charge on any atom is 0.0539 e. The van der Waals surface area contributed by atoms with Crippen molar-refractivity contribution in [1.29, 1.82) is 0 Å². The van der Waals surface area contributed by atoms with Gasteiger partial charge >= 0.3 is 0 Å². The van der Waals surface area contributed by atoms with Gasteiger partial charge in [-0.05, 0) is 16.0 Å². The molecule has 1 unspecified atom stereocenters. The summed E-state index contributed by atoms with van der Waals surface area (Å²) < 4.78 is 0. The maximum atomic E-state index is 2.47. The topological polar surface area (TPSA) is 0 Å². The molecule has 0 aromatic carbocycles. The molecule has 0 rings (SSSR count).